The van der Waals surface area contributed by atoms with Crippen molar-refractivity contribution < 1.29 is 13.0 Å². The van der Waals surface area contributed by atoms with Gasteiger partial charge in [0.25, 0.3) is 10.1 Å². The largest absolute Gasteiger partial charge is 0.298 e. The van der Waals surface area contributed by atoms with E-state index in [1.807, 2.05) is 0 Å². The predicted octanol–water partition coefficient (Wildman–Crippen LogP) is 3.06. The van der Waals surface area contributed by atoms with Gasteiger partial charge in [-0.2, -0.15) is 8.42 Å². The van der Waals surface area contributed by atoms with Gasteiger partial charge < -0.3 is 0 Å². The number of rotatable bonds is 1. The van der Waals surface area contributed by atoms with Crippen molar-refractivity contribution in [2.75, 3.05) is 0 Å². The van der Waals surface area contributed by atoms with Gasteiger partial charge in [-0.1, -0.05) is 23.2 Å². The quantitative estimate of drug-likeness (QED) is 0.811. The molecule has 0 aliphatic carbocycles. The highest BCUT2D eigenvalue weighted by Crippen LogP contribution is 2.42. The Hall–Kier alpha value is 0.670. The molecule has 0 spiro atoms. The van der Waals surface area contributed by atoms with E-state index >= 15 is 0 Å². The first kappa shape index (κ1) is 10.7. The Morgan fingerprint density at radius 1 is 1.33 bits per heavy atom. The molecule has 1 N–H and O–H groups in total. The van der Waals surface area contributed by atoms with E-state index in [-0.39, 0.29) is 18.0 Å². The molecular formula is C4HBrCl2O3S2. The van der Waals surface area contributed by atoms with E-state index in [0.29, 0.717) is 0 Å². The van der Waals surface area contributed by atoms with E-state index in [4.69, 9.17) is 27.8 Å². The number of hydrogen-bond acceptors (Lipinski definition) is 3. The Labute approximate surface area is 91.2 Å². The van der Waals surface area contributed by atoms with E-state index in [1.165, 1.54) is 0 Å². The Kier molecular flexibility index (Phi) is 3.08. The zero-order valence-electron chi connectivity index (χ0n) is 5.21. The summed E-state index contributed by atoms with van der Waals surface area (Å²) in [5.74, 6) is 0. The molecule has 0 radical (unpaired) electrons. The lowest BCUT2D eigenvalue weighted by Gasteiger charge is -1.93. The molecule has 0 fully saturated rings. The van der Waals surface area contributed by atoms with Crippen LogP contribution in [-0.2, 0) is 10.1 Å². The van der Waals surface area contributed by atoms with Crippen molar-refractivity contribution in [1.29, 1.82) is 0 Å². The van der Waals surface area contributed by atoms with Crippen LogP contribution in [0.25, 0.3) is 0 Å². The molecule has 1 heterocycles. The normalized spacial score (nSPS) is 12.0. The molecule has 0 unspecified atom stereocenters. The molecule has 0 saturated heterocycles. The van der Waals surface area contributed by atoms with Crippen molar-refractivity contribution in [2.45, 2.75) is 4.90 Å². The Morgan fingerprint density at radius 3 is 2.00 bits per heavy atom. The standard InChI is InChI=1S/C4HBrCl2O3S2/c5-1-2(12(8,9)10)4(7)11-3(1)6/h(H,8,9,10). The topological polar surface area (TPSA) is 54.4 Å². The van der Waals surface area contributed by atoms with Crippen molar-refractivity contribution in [3.63, 3.8) is 0 Å². The van der Waals surface area contributed by atoms with Crippen LogP contribution in [0.15, 0.2) is 9.37 Å². The zero-order chi connectivity index (χ0) is 9.52. The van der Waals surface area contributed by atoms with Crippen LogP contribution in [0.4, 0.5) is 0 Å². The lowest BCUT2D eigenvalue weighted by molar-refractivity contribution is 0.483. The highest BCUT2D eigenvalue weighted by Gasteiger charge is 2.23. The molecule has 12 heavy (non-hydrogen) atoms. The summed E-state index contributed by atoms with van der Waals surface area (Å²) in [6.45, 7) is 0. The van der Waals surface area contributed by atoms with E-state index in [2.05, 4.69) is 15.9 Å². The van der Waals surface area contributed by atoms with Crippen molar-refractivity contribution in [3.05, 3.63) is 13.1 Å². The minimum absolute atomic E-state index is 0.0608. The third-order valence-corrected chi connectivity index (χ3v) is 5.31. The van der Waals surface area contributed by atoms with Gasteiger partial charge in [0.1, 0.15) is 13.6 Å². The lowest BCUT2D eigenvalue weighted by Crippen LogP contribution is -1.97. The highest BCUT2D eigenvalue weighted by atomic mass is 79.9. The van der Waals surface area contributed by atoms with Crippen LogP contribution in [0.1, 0.15) is 0 Å². The van der Waals surface area contributed by atoms with Crippen LogP contribution in [0, 0.1) is 0 Å². The van der Waals surface area contributed by atoms with E-state index in [0.717, 1.165) is 11.3 Å². The van der Waals surface area contributed by atoms with Crippen LogP contribution in [0.2, 0.25) is 8.67 Å². The second-order valence-corrected chi connectivity index (χ2v) is 6.14. The summed E-state index contributed by atoms with van der Waals surface area (Å²) < 4.78 is 30.2. The van der Waals surface area contributed by atoms with E-state index in [9.17, 15) is 8.42 Å². The van der Waals surface area contributed by atoms with Gasteiger partial charge in [-0.05, 0) is 15.9 Å². The first-order valence-electron chi connectivity index (χ1n) is 2.45. The molecule has 1 rings (SSSR count). The van der Waals surface area contributed by atoms with Gasteiger partial charge in [0.05, 0.1) is 4.47 Å². The fourth-order valence-corrected chi connectivity index (χ4v) is 4.56. The van der Waals surface area contributed by atoms with Crippen LogP contribution in [0.5, 0.6) is 0 Å². The zero-order valence-corrected chi connectivity index (χ0v) is 9.94. The molecule has 0 aromatic carbocycles. The predicted molar refractivity (Wildman–Crippen MR) is 51.9 cm³/mol. The van der Waals surface area contributed by atoms with Gasteiger partial charge in [-0.15, -0.1) is 11.3 Å². The third kappa shape index (κ3) is 1.94. The van der Waals surface area contributed by atoms with Gasteiger partial charge in [0.2, 0.25) is 0 Å². The summed E-state index contributed by atoms with van der Waals surface area (Å²) in [6.07, 6.45) is 0. The summed E-state index contributed by atoms with van der Waals surface area (Å²) in [5, 5.41) is 0. The second kappa shape index (κ2) is 3.43. The molecule has 8 heteroatoms. The first-order chi connectivity index (χ1) is 5.34. The molecule has 0 saturated carbocycles. The Balaban J connectivity index is 3.54. The Bertz CT molecular complexity index is 410. The summed E-state index contributed by atoms with van der Waals surface area (Å²) in [5.41, 5.74) is 0. The van der Waals surface area contributed by atoms with Gasteiger partial charge in [0.15, 0.2) is 0 Å². The molecule has 0 atom stereocenters. The Morgan fingerprint density at radius 2 is 1.83 bits per heavy atom. The van der Waals surface area contributed by atoms with Gasteiger partial charge >= 0.3 is 0 Å². The molecule has 0 bridgehead atoms. The van der Waals surface area contributed by atoms with Crippen LogP contribution in [0.3, 0.4) is 0 Å². The number of thiophene rings is 1. The second-order valence-electron chi connectivity index (χ2n) is 1.77. The maximum absolute atomic E-state index is 10.7. The molecular weight excluding hydrogens is 311 g/mol. The summed E-state index contributed by atoms with van der Waals surface area (Å²) >= 11 is 14.8. The smallest absolute Gasteiger partial charge is 0.282 e. The summed E-state index contributed by atoms with van der Waals surface area (Å²) in [6, 6.07) is 0. The third-order valence-electron chi connectivity index (χ3n) is 0.988. The fraction of sp³-hybridized carbons (Fsp3) is 0. The molecule has 1 aromatic rings. The van der Waals surface area contributed by atoms with Gasteiger partial charge in [-0.25, -0.2) is 0 Å². The highest BCUT2D eigenvalue weighted by molar-refractivity contribution is 9.10. The molecule has 68 valence electrons. The number of halogens is 3. The molecule has 1 aromatic heterocycles. The SMILES string of the molecule is O=S(=O)(O)c1c(Cl)sc(Cl)c1Br. The minimum Gasteiger partial charge on any atom is -0.282 e. The average molecular weight is 312 g/mol. The van der Waals surface area contributed by atoms with E-state index < -0.39 is 10.1 Å². The summed E-state index contributed by atoms with van der Waals surface area (Å²) in [4.78, 5) is -0.376. The van der Waals surface area contributed by atoms with Gasteiger partial charge in [0, 0.05) is 0 Å². The average Bonchev–Trinajstić information content (AvgIpc) is 2.05. The maximum atomic E-state index is 10.7. The fourth-order valence-electron chi connectivity index (χ4n) is 0.560. The minimum atomic E-state index is -4.30. The van der Waals surface area contributed by atoms with Crippen LogP contribution < -0.4 is 0 Å². The van der Waals surface area contributed by atoms with Crippen molar-refractivity contribution in [2.24, 2.45) is 0 Å². The van der Waals surface area contributed by atoms with Crippen molar-refractivity contribution >= 4 is 60.6 Å². The monoisotopic (exact) mass is 310 g/mol. The summed E-state index contributed by atoms with van der Waals surface area (Å²) in [7, 11) is -4.30. The van der Waals surface area contributed by atoms with Crippen molar-refractivity contribution in [3.8, 4) is 0 Å². The van der Waals surface area contributed by atoms with Crippen LogP contribution >= 0.6 is 50.5 Å². The molecule has 3 nitrogen and oxygen atoms in total. The lowest BCUT2D eigenvalue weighted by atomic mass is 10.7. The van der Waals surface area contributed by atoms with Crippen molar-refractivity contribution in [1.82, 2.24) is 0 Å². The molecule has 0 amide bonds. The first-order valence-corrected chi connectivity index (χ1v) is 6.25. The number of hydrogen-bond donors (Lipinski definition) is 1. The maximum Gasteiger partial charge on any atom is 0.298 e. The van der Waals surface area contributed by atoms with Crippen LogP contribution in [-0.4, -0.2) is 13.0 Å². The molecule has 0 aliphatic heterocycles. The van der Waals surface area contributed by atoms with E-state index in [1.54, 1.807) is 0 Å². The molecule has 0 aliphatic rings. The van der Waals surface area contributed by atoms with Gasteiger partial charge in [-0.3, -0.25) is 4.55 Å².